The monoisotopic (exact) mass is 333 g/mol. The van der Waals surface area contributed by atoms with Gasteiger partial charge in [-0.2, -0.15) is 0 Å². The summed E-state index contributed by atoms with van der Waals surface area (Å²) in [5.41, 5.74) is 6.53. The third-order valence-electron chi connectivity index (χ3n) is 4.32. The molecule has 0 radical (unpaired) electrons. The van der Waals surface area contributed by atoms with Gasteiger partial charge in [-0.05, 0) is 31.9 Å². The van der Waals surface area contributed by atoms with Gasteiger partial charge in [-0.15, -0.1) is 0 Å². The highest BCUT2D eigenvalue weighted by Crippen LogP contribution is 2.28. The zero-order valence-electron chi connectivity index (χ0n) is 14.5. The van der Waals surface area contributed by atoms with Crippen LogP contribution in [0.3, 0.4) is 0 Å². The average Bonchev–Trinajstić information content (AvgIpc) is 3.04. The summed E-state index contributed by atoms with van der Waals surface area (Å²) >= 11 is 0. The quantitative estimate of drug-likeness (QED) is 0.791. The van der Waals surface area contributed by atoms with Crippen molar-refractivity contribution in [1.82, 2.24) is 10.2 Å². The lowest BCUT2D eigenvalue weighted by Gasteiger charge is -2.24. The zero-order chi connectivity index (χ0) is 17.5. The largest absolute Gasteiger partial charge is 0.494 e. The van der Waals surface area contributed by atoms with Gasteiger partial charge < -0.3 is 20.7 Å². The van der Waals surface area contributed by atoms with Crippen LogP contribution >= 0.6 is 0 Å². The van der Waals surface area contributed by atoms with Crippen LogP contribution in [0, 0.1) is 5.92 Å². The van der Waals surface area contributed by atoms with E-state index in [1.165, 1.54) is 6.92 Å². The third-order valence-corrected chi connectivity index (χ3v) is 4.32. The molecule has 1 saturated heterocycles. The van der Waals surface area contributed by atoms with Crippen LogP contribution in [0.15, 0.2) is 24.3 Å². The molecular formula is C18H27N3O3. The molecule has 0 bridgehead atoms. The number of hydrogen-bond acceptors (Lipinski definition) is 4. The van der Waals surface area contributed by atoms with Crippen molar-refractivity contribution in [2.75, 3.05) is 26.2 Å². The number of nitrogens with zero attached hydrogens (tertiary/aromatic N) is 1. The maximum Gasteiger partial charge on any atom is 0.225 e. The number of benzene rings is 1. The minimum atomic E-state index is -0.394. The topological polar surface area (TPSA) is 84.7 Å². The fraction of sp³-hybridized carbons (Fsp3) is 0.556. The highest BCUT2D eigenvalue weighted by atomic mass is 16.5. The molecule has 0 aliphatic carbocycles. The van der Waals surface area contributed by atoms with Gasteiger partial charge >= 0.3 is 0 Å². The molecule has 1 aromatic carbocycles. The Morgan fingerprint density at radius 2 is 2.17 bits per heavy atom. The molecular weight excluding hydrogens is 306 g/mol. The Balaban J connectivity index is 2.14. The van der Waals surface area contributed by atoms with Gasteiger partial charge in [-0.3, -0.25) is 9.59 Å². The molecule has 1 heterocycles. The molecule has 2 atom stereocenters. The predicted octanol–water partition coefficient (Wildman–Crippen LogP) is 1.46. The number of amides is 2. The summed E-state index contributed by atoms with van der Waals surface area (Å²) in [6.45, 7) is 5.94. The highest BCUT2D eigenvalue weighted by Gasteiger charge is 2.28. The summed E-state index contributed by atoms with van der Waals surface area (Å²) in [4.78, 5) is 26.1. The molecule has 24 heavy (non-hydrogen) atoms. The van der Waals surface area contributed by atoms with Gasteiger partial charge in [0.15, 0.2) is 0 Å². The van der Waals surface area contributed by atoms with E-state index in [1.807, 2.05) is 36.1 Å². The number of para-hydroxylation sites is 1. The van der Waals surface area contributed by atoms with Gasteiger partial charge in [0.05, 0.1) is 19.1 Å². The molecule has 0 aromatic heterocycles. The Bertz CT molecular complexity index is 576. The van der Waals surface area contributed by atoms with Gasteiger partial charge in [0.25, 0.3) is 0 Å². The molecule has 1 fully saturated rings. The first kappa shape index (κ1) is 18.3. The number of nitrogens with one attached hydrogen (secondary N) is 1. The van der Waals surface area contributed by atoms with E-state index in [0.717, 1.165) is 18.5 Å². The van der Waals surface area contributed by atoms with Gasteiger partial charge in [-0.1, -0.05) is 18.2 Å². The van der Waals surface area contributed by atoms with E-state index < -0.39 is 6.04 Å². The molecule has 2 unspecified atom stereocenters. The second kappa shape index (κ2) is 8.68. The number of hydrogen-bond donors (Lipinski definition) is 2. The van der Waals surface area contributed by atoms with Gasteiger partial charge in [0.1, 0.15) is 5.75 Å². The van der Waals surface area contributed by atoms with E-state index in [9.17, 15) is 9.59 Å². The summed E-state index contributed by atoms with van der Waals surface area (Å²) in [5, 5.41) is 2.88. The van der Waals surface area contributed by atoms with Crippen molar-refractivity contribution in [2.45, 2.75) is 32.7 Å². The Morgan fingerprint density at radius 3 is 2.79 bits per heavy atom. The maximum atomic E-state index is 12.6. The van der Waals surface area contributed by atoms with E-state index in [-0.39, 0.29) is 18.2 Å². The zero-order valence-corrected chi connectivity index (χ0v) is 14.5. The predicted molar refractivity (Wildman–Crippen MR) is 92.5 cm³/mol. The first-order valence-corrected chi connectivity index (χ1v) is 8.51. The van der Waals surface area contributed by atoms with E-state index in [4.69, 9.17) is 10.5 Å². The number of nitrogens with two attached hydrogens (primary N) is 1. The molecule has 0 spiro atoms. The Morgan fingerprint density at radius 1 is 1.42 bits per heavy atom. The lowest BCUT2D eigenvalue weighted by Crippen LogP contribution is -2.35. The fourth-order valence-corrected chi connectivity index (χ4v) is 3.09. The molecule has 1 aliphatic rings. The lowest BCUT2D eigenvalue weighted by atomic mass is 10.0. The number of ether oxygens (including phenoxy) is 1. The van der Waals surface area contributed by atoms with Crippen LogP contribution in [0.1, 0.15) is 38.3 Å². The fourth-order valence-electron chi connectivity index (χ4n) is 3.09. The molecule has 6 heteroatoms. The van der Waals surface area contributed by atoms with Crippen molar-refractivity contribution in [3.05, 3.63) is 29.8 Å². The van der Waals surface area contributed by atoms with Crippen LogP contribution in [0.4, 0.5) is 0 Å². The minimum absolute atomic E-state index is 0.0380. The van der Waals surface area contributed by atoms with Crippen LogP contribution in [-0.4, -0.2) is 43.0 Å². The smallest absolute Gasteiger partial charge is 0.225 e. The van der Waals surface area contributed by atoms with E-state index >= 15 is 0 Å². The van der Waals surface area contributed by atoms with Crippen LogP contribution in [-0.2, 0) is 9.59 Å². The van der Waals surface area contributed by atoms with Crippen LogP contribution in [0.2, 0.25) is 0 Å². The van der Waals surface area contributed by atoms with E-state index in [1.54, 1.807) is 0 Å². The standard InChI is InChI=1S/C18H27N3O3/c1-3-24-17-7-5-4-6-15(17)16(20-13(2)22)10-18(23)21-9-8-14(11-19)12-21/h4-7,14,16H,3,8-12,19H2,1-2H3,(H,20,22). The van der Waals surface area contributed by atoms with Crippen LogP contribution in [0.5, 0.6) is 5.75 Å². The van der Waals surface area contributed by atoms with Crippen LogP contribution in [0.25, 0.3) is 0 Å². The molecule has 132 valence electrons. The summed E-state index contributed by atoms with van der Waals surface area (Å²) in [7, 11) is 0. The molecule has 6 nitrogen and oxygen atoms in total. The molecule has 3 N–H and O–H groups in total. The van der Waals surface area contributed by atoms with E-state index in [0.29, 0.717) is 31.4 Å². The lowest BCUT2D eigenvalue weighted by molar-refractivity contribution is -0.131. The van der Waals surface area contributed by atoms with Crippen molar-refractivity contribution in [1.29, 1.82) is 0 Å². The first-order chi connectivity index (χ1) is 11.5. The Kier molecular flexibility index (Phi) is 6.61. The summed E-state index contributed by atoms with van der Waals surface area (Å²) in [6.07, 6.45) is 1.17. The first-order valence-electron chi connectivity index (χ1n) is 8.51. The van der Waals surface area contributed by atoms with Crippen LogP contribution < -0.4 is 15.8 Å². The summed E-state index contributed by atoms with van der Waals surface area (Å²) in [6, 6.07) is 7.13. The molecule has 0 saturated carbocycles. The van der Waals surface area contributed by atoms with E-state index in [2.05, 4.69) is 5.32 Å². The summed E-state index contributed by atoms with van der Waals surface area (Å²) < 4.78 is 5.65. The van der Waals surface area contributed by atoms with Crippen molar-refractivity contribution in [3.63, 3.8) is 0 Å². The maximum absolute atomic E-state index is 12.6. The minimum Gasteiger partial charge on any atom is -0.494 e. The molecule has 2 amide bonds. The Hall–Kier alpha value is -2.08. The highest BCUT2D eigenvalue weighted by molar-refractivity contribution is 5.79. The Labute approximate surface area is 143 Å². The second-order valence-corrected chi connectivity index (χ2v) is 6.16. The third kappa shape index (κ3) is 4.71. The average molecular weight is 333 g/mol. The van der Waals surface area contributed by atoms with Crippen molar-refractivity contribution in [3.8, 4) is 5.75 Å². The normalized spacial score (nSPS) is 18.3. The summed E-state index contributed by atoms with van der Waals surface area (Å²) in [5.74, 6) is 0.952. The number of carbonyl (C=O) groups is 2. The van der Waals surface area contributed by atoms with Crippen molar-refractivity contribution < 1.29 is 14.3 Å². The van der Waals surface area contributed by atoms with Gasteiger partial charge in [0.2, 0.25) is 11.8 Å². The molecule has 1 aromatic rings. The SMILES string of the molecule is CCOc1ccccc1C(CC(=O)N1CCC(CN)C1)NC(C)=O. The van der Waals surface area contributed by atoms with Crippen molar-refractivity contribution >= 4 is 11.8 Å². The number of carbonyl (C=O) groups excluding carboxylic acids is 2. The number of likely N-dealkylation sites (tertiary alicyclic amines) is 1. The van der Waals surface area contributed by atoms with Gasteiger partial charge in [0, 0.05) is 25.6 Å². The number of rotatable bonds is 7. The molecule has 2 rings (SSSR count). The second-order valence-electron chi connectivity index (χ2n) is 6.16. The van der Waals surface area contributed by atoms with Gasteiger partial charge in [-0.25, -0.2) is 0 Å². The van der Waals surface area contributed by atoms with Crippen molar-refractivity contribution in [2.24, 2.45) is 11.7 Å². The molecule has 1 aliphatic heterocycles.